The largest absolute Gasteiger partial charge is 0.351 e. The number of halogens is 2. The van der Waals surface area contributed by atoms with Crippen molar-refractivity contribution < 1.29 is 19.8 Å². The third-order valence-electron chi connectivity index (χ3n) is 8.71. The maximum atomic E-state index is 13.7. The Hall–Kier alpha value is -2.02. The van der Waals surface area contributed by atoms with Crippen LogP contribution >= 0.6 is 0 Å². The first kappa shape index (κ1) is 30.5. The van der Waals surface area contributed by atoms with Gasteiger partial charge in [-0.25, -0.2) is 8.78 Å². The molecular formula is C31H51F2N3O2. The van der Waals surface area contributed by atoms with Crippen molar-refractivity contribution in [2.75, 3.05) is 26.2 Å². The minimum Gasteiger partial charge on any atom is -0.351 e. The molecule has 5 nitrogen and oxygen atoms in total. The molecule has 2 heterocycles. The van der Waals surface area contributed by atoms with E-state index in [0.717, 1.165) is 57.9 Å². The summed E-state index contributed by atoms with van der Waals surface area (Å²) in [7, 11) is 0. The van der Waals surface area contributed by atoms with E-state index < -0.39 is 11.6 Å². The van der Waals surface area contributed by atoms with Gasteiger partial charge in [0, 0.05) is 44.1 Å². The van der Waals surface area contributed by atoms with Crippen LogP contribution in [0.15, 0.2) is 18.2 Å². The topological polar surface area (TPSA) is 52.7 Å². The van der Waals surface area contributed by atoms with Gasteiger partial charge in [-0.3, -0.25) is 14.5 Å². The Morgan fingerprint density at radius 3 is 2.13 bits per heavy atom. The second-order valence-corrected chi connectivity index (χ2v) is 13.6. The van der Waals surface area contributed by atoms with Crippen molar-refractivity contribution in [3.63, 3.8) is 0 Å². The Kier molecular flexibility index (Phi) is 9.99. The fourth-order valence-corrected chi connectivity index (χ4v) is 6.43. The molecule has 1 aromatic carbocycles. The predicted molar refractivity (Wildman–Crippen MR) is 151 cm³/mol. The van der Waals surface area contributed by atoms with Gasteiger partial charge in [0.2, 0.25) is 12.3 Å². The van der Waals surface area contributed by atoms with Crippen molar-refractivity contribution in [1.82, 2.24) is 15.1 Å². The summed E-state index contributed by atoms with van der Waals surface area (Å²) in [5.74, 6) is -0.0210. The zero-order chi connectivity index (χ0) is 28.1. The Labute approximate surface area is 230 Å². The van der Waals surface area contributed by atoms with Gasteiger partial charge >= 0.3 is 0 Å². The number of nitrogens with zero attached hydrogens (tertiary/aromatic N) is 2. The molecule has 1 atom stereocenters. The number of carbonyl (C=O) groups excluding carboxylic acids is 2. The van der Waals surface area contributed by atoms with Gasteiger partial charge in [-0.05, 0) is 97.7 Å². The van der Waals surface area contributed by atoms with Gasteiger partial charge in [-0.1, -0.05) is 25.3 Å². The van der Waals surface area contributed by atoms with Crippen LogP contribution in [0, 0.1) is 23.0 Å². The van der Waals surface area contributed by atoms with Gasteiger partial charge in [-0.2, -0.15) is 0 Å². The molecule has 0 unspecified atom stereocenters. The highest BCUT2D eigenvalue weighted by molar-refractivity contribution is 5.84. The molecule has 0 bridgehead atoms. The average Bonchev–Trinajstić information content (AvgIpc) is 3.35. The lowest BCUT2D eigenvalue weighted by molar-refractivity contribution is -0.143. The van der Waals surface area contributed by atoms with Gasteiger partial charge in [0.25, 0.3) is 0 Å². The van der Waals surface area contributed by atoms with Crippen molar-refractivity contribution in [3.05, 3.63) is 35.4 Å². The molecule has 0 aromatic heterocycles. The summed E-state index contributed by atoms with van der Waals surface area (Å²) in [5, 5.41) is 3.21. The number of carbonyl (C=O) groups is 2. The highest BCUT2D eigenvalue weighted by Crippen LogP contribution is 2.46. The van der Waals surface area contributed by atoms with Crippen LogP contribution in [-0.4, -0.2) is 59.4 Å². The third kappa shape index (κ3) is 7.77. The monoisotopic (exact) mass is 535 g/mol. The minimum absolute atomic E-state index is 0. The first-order chi connectivity index (χ1) is 17.7. The maximum Gasteiger partial charge on any atom is 0.227 e. The quantitative estimate of drug-likeness (QED) is 0.447. The number of piperidine rings is 1. The zero-order valence-corrected chi connectivity index (χ0v) is 24.4. The maximum absolute atomic E-state index is 13.7. The van der Waals surface area contributed by atoms with Gasteiger partial charge in [-0.15, -0.1) is 0 Å². The number of hydrogen-bond acceptors (Lipinski definition) is 3. The molecule has 216 valence electrons. The molecular weight excluding hydrogens is 484 g/mol. The molecule has 3 fully saturated rings. The SMILES string of the molecule is CC(C)(C)N1CC[C@H](c2ccc(F)cc2F)C1.CC(C)(C)NC(=O)C1(C2CCCCC2)CCN(C=O)CC1.[HH]. The lowest BCUT2D eigenvalue weighted by atomic mass is 9.63. The summed E-state index contributed by atoms with van der Waals surface area (Å²) in [6, 6.07) is 3.91. The van der Waals surface area contributed by atoms with Crippen LogP contribution in [-0.2, 0) is 9.59 Å². The highest BCUT2D eigenvalue weighted by atomic mass is 19.1. The van der Waals surface area contributed by atoms with Crippen LogP contribution in [0.1, 0.15) is 106 Å². The van der Waals surface area contributed by atoms with E-state index in [9.17, 15) is 18.4 Å². The van der Waals surface area contributed by atoms with Crippen molar-refractivity contribution in [2.24, 2.45) is 11.3 Å². The lowest BCUT2D eigenvalue weighted by Crippen LogP contribution is -2.56. The number of benzene rings is 1. The van der Waals surface area contributed by atoms with Gasteiger partial charge < -0.3 is 10.2 Å². The molecule has 3 aliphatic rings. The number of rotatable bonds is 4. The molecule has 1 aromatic rings. The van der Waals surface area contributed by atoms with Gasteiger partial charge in [0.15, 0.2) is 0 Å². The molecule has 2 amide bonds. The number of likely N-dealkylation sites (tertiary alicyclic amines) is 2. The van der Waals surface area contributed by atoms with Crippen molar-refractivity contribution in [1.29, 1.82) is 0 Å². The van der Waals surface area contributed by atoms with E-state index in [0.29, 0.717) is 11.5 Å². The molecule has 7 heteroatoms. The van der Waals surface area contributed by atoms with Crippen molar-refractivity contribution in [2.45, 2.75) is 110 Å². The Bertz CT molecular complexity index is 946. The molecule has 1 aliphatic carbocycles. The average molecular weight is 536 g/mol. The second-order valence-electron chi connectivity index (χ2n) is 13.6. The lowest BCUT2D eigenvalue weighted by Gasteiger charge is -2.47. The van der Waals surface area contributed by atoms with Crippen LogP contribution in [0.4, 0.5) is 8.78 Å². The van der Waals surface area contributed by atoms with Crippen LogP contribution < -0.4 is 5.32 Å². The van der Waals surface area contributed by atoms with E-state index in [1.54, 1.807) is 6.07 Å². The van der Waals surface area contributed by atoms with E-state index in [2.05, 4.69) is 31.0 Å². The minimum atomic E-state index is -0.503. The molecule has 0 radical (unpaired) electrons. The van der Waals surface area contributed by atoms with E-state index in [1.807, 2.05) is 25.7 Å². The highest BCUT2D eigenvalue weighted by Gasteiger charge is 2.48. The van der Waals surface area contributed by atoms with Crippen molar-refractivity contribution >= 4 is 12.3 Å². The first-order valence-electron chi connectivity index (χ1n) is 14.5. The van der Waals surface area contributed by atoms with Gasteiger partial charge in [0.05, 0.1) is 5.41 Å². The van der Waals surface area contributed by atoms with Crippen LogP contribution in [0.2, 0.25) is 0 Å². The third-order valence-corrected chi connectivity index (χ3v) is 8.71. The standard InChI is InChI=1S/C17H30N2O2.C14H19F2N.H2/c1-16(2,3)18-15(21)17(14-7-5-4-6-8-14)9-11-19(13-20)12-10-17;1-14(2,3)17-7-6-10(9-17)12-5-4-11(15)8-13(12)16;/h13-14H,4-12H2,1-3H3,(H,18,21);4-5,8,10H,6-7,9H2,1-3H3;1H/t;10-;/m.0./s1. The molecule has 1 N–H and O–H groups in total. The van der Waals surface area contributed by atoms with Crippen LogP contribution in [0.3, 0.4) is 0 Å². The van der Waals surface area contributed by atoms with Crippen LogP contribution in [0.5, 0.6) is 0 Å². The van der Waals surface area contributed by atoms with E-state index in [1.165, 1.54) is 38.2 Å². The smallest absolute Gasteiger partial charge is 0.227 e. The Morgan fingerprint density at radius 1 is 1.00 bits per heavy atom. The Balaban J connectivity index is 0.000000272. The van der Waals surface area contributed by atoms with E-state index >= 15 is 0 Å². The molecule has 0 spiro atoms. The fraction of sp³-hybridized carbons (Fsp3) is 0.742. The molecule has 2 saturated heterocycles. The summed E-state index contributed by atoms with van der Waals surface area (Å²) in [4.78, 5) is 28.1. The predicted octanol–water partition coefficient (Wildman–Crippen LogP) is 6.52. The summed E-state index contributed by atoms with van der Waals surface area (Å²) in [6.07, 6.45) is 9.62. The summed E-state index contributed by atoms with van der Waals surface area (Å²) >= 11 is 0. The van der Waals surface area contributed by atoms with Crippen LogP contribution in [0.25, 0.3) is 0 Å². The number of amides is 2. The van der Waals surface area contributed by atoms with Gasteiger partial charge in [0.1, 0.15) is 11.6 Å². The molecule has 4 rings (SSSR count). The zero-order valence-electron chi connectivity index (χ0n) is 24.4. The number of nitrogens with one attached hydrogen (secondary N) is 1. The number of hydrogen-bond donors (Lipinski definition) is 1. The summed E-state index contributed by atoms with van der Waals surface area (Å²) in [6.45, 7) is 15.9. The fourth-order valence-electron chi connectivity index (χ4n) is 6.43. The second kappa shape index (κ2) is 12.4. The molecule has 38 heavy (non-hydrogen) atoms. The Morgan fingerprint density at radius 2 is 1.63 bits per heavy atom. The van der Waals surface area contributed by atoms with E-state index in [4.69, 9.17) is 0 Å². The van der Waals surface area contributed by atoms with Crippen molar-refractivity contribution in [3.8, 4) is 0 Å². The molecule has 2 aliphatic heterocycles. The van der Waals surface area contributed by atoms with E-state index in [-0.39, 0.29) is 29.7 Å². The summed E-state index contributed by atoms with van der Waals surface area (Å²) in [5.41, 5.74) is 0.317. The summed E-state index contributed by atoms with van der Waals surface area (Å²) < 4.78 is 26.5. The molecule has 1 saturated carbocycles. The first-order valence-corrected chi connectivity index (χ1v) is 14.5. The normalized spacial score (nSPS) is 22.9.